The van der Waals surface area contributed by atoms with Gasteiger partial charge in [-0.25, -0.2) is 0 Å². The highest BCUT2D eigenvalue weighted by molar-refractivity contribution is 9.09. The van der Waals surface area contributed by atoms with Crippen molar-refractivity contribution in [1.29, 1.82) is 0 Å². The van der Waals surface area contributed by atoms with Gasteiger partial charge in [-0.2, -0.15) is 0 Å². The summed E-state index contributed by atoms with van der Waals surface area (Å²) in [7, 11) is 0. The summed E-state index contributed by atoms with van der Waals surface area (Å²) in [5, 5.41) is 3.90. The first-order valence-electron chi connectivity index (χ1n) is 5.70. The van der Waals surface area contributed by atoms with Gasteiger partial charge in [-0.1, -0.05) is 46.3 Å². The Balaban J connectivity index is 1.87. The number of alkyl halides is 1. The predicted octanol–water partition coefficient (Wildman–Crippen LogP) is 2.52. The van der Waals surface area contributed by atoms with Crippen molar-refractivity contribution in [3.8, 4) is 0 Å². The highest BCUT2D eigenvalue weighted by Gasteiger charge is 2.30. The van der Waals surface area contributed by atoms with Crippen LogP contribution < -0.4 is 5.32 Å². The van der Waals surface area contributed by atoms with E-state index >= 15 is 0 Å². The van der Waals surface area contributed by atoms with Crippen molar-refractivity contribution < 1.29 is 4.79 Å². The molecule has 2 nitrogen and oxygen atoms in total. The molecule has 0 spiro atoms. The Bertz CT molecular complexity index is 348. The van der Waals surface area contributed by atoms with Crippen molar-refractivity contribution in [1.82, 2.24) is 5.32 Å². The van der Waals surface area contributed by atoms with E-state index in [9.17, 15) is 4.79 Å². The zero-order valence-corrected chi connectivity index (χ0v) is 10.7. The molecule has 2 rings (SSSR count). The van der Waals surface area contributed by atoms with E-state index in [-0.39, 0.29) is 17.9 Å². The van der Waals surface area contributed by atoms with Crippen molar-refractivity contribution in [2.45, 2.75) is 25.3 Å². The zero-order valence-electron chi connectivity index (χ0n) is 9.16. The van der Waals surface area contributed by atoms with E-state index in [1.165, 1.54) is 5.56 Å². The fourth-order valence-corrected chi connectivity index (χ4v) is 2.10. The van der Waals surface area contributed by atoms with Crippen LogP contribution in [0.25, 0.3) is 0 Å². The molecule has 16 heavy (non-hydrogen) atoms. The van der Waals surface area contributed by atoms with Gasteiger partial charge in [0, 0.05) is 17.3 Å². The second-order valence-electron chi connectivity index (χ2n) is 4.32. The topological polar surface area (TPSA) is 29.1 Å². The van der Waals surface area contributed by atoms with Crippen molar-refractivity contribution in [3.63, 3.8) is 0 Å². The molecule has 0 saturated heterocycles. The Morgan fingerprint density at radius 3 is 2.62 bits per heavy atom. The molecule has 1 aliphatic rings. The third kappa shape index (κ3) is 3.34. The SMILES string of the molecule is O=C(NC(CBr)Cc1ccccc1)C1CC1. The highest BCUT2D eigenvalue weighted by Crippen LogP contribution is 2.29. The lowest BCUT2D eigenvalue weighted by Crippen LogP contribution is -2.38. The van der Waals surface area contributed by atoms with Crippen LogP contribution in [-0.2, 0) is 11.2 Å². The Morgan fingerprint density at radius 2 is 2.06 bits per heavy atom. The van der Waals surface area contributed by atoms with E-state index in [1.54, 1.807) is 0 Å². The first-order valence-corrected chi connectivity index (χ1v) is 6.82. The van der Waals surface area contributed by atoms with Crippen LogP contribution in [0.5, 0.6) is 0 Å². The lowest BCUT2D eigenvalue weighted by atomic mass is 10.1. The Kier molecular flexibility index (Phi) is 3.99. The first-order chi connectivity index (χ1) is 7.79. The van der Waals surface area contributed by atoms with Gasteiger partial charge in [0.25, 0.3) is 0 Å². The van der Waals surface area contributed by atoms with E-state index in [4.69, 9.17) is 0 Å². The number of rotatable bonds is 5. The maximum absolute atomic E-state index is 11.6. The largest absolute Gasteiger partial charge is 0.352 e. The molecule has 1 N–H and O–H groups in total. The van der Waals surface area contributed by atoms with Crippen LogP contribution in [0.3, 0.4) is 0 Å². The van der Waals surface area contributed by atoms with Crippen molar-refractivity contribution in [2.24, 2.45) is 5.92 Å². The van der Waals surface area contributed by atoms with Crippen LogP contribution in [-0.4, -0.2) is 17.3 Å². The van der Waals surface area contributed by atoms with Crippen LogP contribution >= 0.6 is 15.9 Å². The van der Waals surface area contributed by atoms with Crippen molar-refractivity contribution in [3.05, 3.63) is 35.9 Å². The van der Waals surface area contributed by atoms with Crippen molar-refractivity contribution in [2.75, 3.05) is 5.33 Å². The van der Waals surface area contributed by atoms with E-state index in [0.29, 0.717) is 0 Å². The molecule has 1 aromatic rings. The summed E-state index contributed by atoms with van der Waals surface area (Å²) in [6.45, 7) is 0. The Labute approximate surface area is 105 Å². The number of benzene rings is 1. The van der Waals surface area contributed by atoms with Crippen LogP contribution in [0.1, 0.15) is 18.4 Å². The minimum absolute atomic E-state index is 0.204. The molecular weight excluding hydrogens is 266 g/mol. The second-order valence-corrected chi connectivity index (χ2v) is 4.97. The van der Waals surface area contributed by atoms with E-state index in [0.717, 1.165) is 24.6 Å². The number of hydrogen-bond acceptors (Lipinski definition) is 1. The van der Waals surface area contributed by atoms with Crippen LogP contribution in [0.2, 0.25) is 0 Å². The van der Waals surface area contributed by atoms with E-state index in [2.05, 4.69) is 33.4 Å². The normalized spacial score (nSPS) is 16.8. The Hall–Kier alpha value is -0.830. The number of hydrogen-bond donors (Lipinski definition) is 1. The smallest absolute Gasteiger partial charge is 0.223 e. The summed E-state index contributed by atoms with van der Waals surface area (Å²) in [6.07, 6.45) is 3.02. The van der Waals surface area contributed by atoms with Gasteiger partial charge >= 0.3 is 0 Å². The molecule has 0 heterocycles. The number of carbonyl (C=O) groups excluding carboxylic acids is 1. The molecule has 1 atom stereocenters. The summed E-state index contributed by atoms with van der Waals surface area (Å²) in [5.74, 6) is 0.512. The third-order valence-corrected chi connectivity index (χ3v) is 3.59. The average molecular weight is 282 g/mol. The molecule has 1 saturated carbocycles. The van der Waals surface area contributed by atoms with Crippen LogP contribution in [0.15, 0.2) is 30.3 Å². The molecule has 86 valence electrons. The number of amides is 1. The molecule has 0 radical (unpaired) electrons. The summed E-state index contributed by atoms with van der Waals surface area (Å²) >= 11 is 3.46. The van der Waals surface area contributed by atoms with Crippen LogP contribution in [0, 0.1) is 5.92 Å². The summed E-state index contributed by atoms with van der Waals surface area (Å²) in [4.78, 5) is 11.6. The van der Waals surface area contributed by atoms with Gasteiger partial charge in [0.1, 0.15) is 0 Å². The third-order valence-electron chi connectivity index (χ3n) is 2.81. The lowest BCUT2D eigenvalue weighted by molar-refractivity contribution is -0.122. The Morgan fingerprint density at radius 1 is 1.38 bits per heavy atom. The molecule has 3 heteroatoms. The molecule has 1 aliphatic carbocycles. The fraction of sp³-hybridized carbons (Fsp3) is 0.462. The van der Waals surface area contributed by atoms with Gasteiger partial charge in [0.15, 0.2) is 0 Å². The molecule has 0 bridgehead atoms. The maximum Gasteiger partial charge on any atom is 0.223 e. The number of halogens is 1. The number of nitrogens with one attached hydrogen (secondary N) is 1. The predicted molar refractivity (Wildman–Crippen MR) is 68.6 cm³/mol. The second kappa shape index (κ2) is 5.48. The van der Waals surface area contributed by atoms with Crippen LogP contribution in [0.4, 0.5) is 0 Å². The average Bonchev–Trinajstić information content (AvgIpc) is 3.13. The zero-order chi connectivity index (χ0) is 11.4. The van der Waals surface area contributed by atoms with E-state index in [1.807, 2.05) is 18.2 Å². The van der Waals surface area contributed by atoms with Gasteiger partial charge in [0.05, 0.1) is 0 Å². The molecule has 1 fully saturated rings. The molecule has 1 amide bonds. The van der Waals surface area contributed by atoms with E-state index < -0.39 is 0 Å². The monoisotopic (exact) mass is 281 g/mol. The first kappa shape index (κ1) is 11.6. The summed E-state index contributed by atoms with van der Waals surface area (Å²) in [6, 6.07) is 10.5. The minimum atomic E-state index is 0.204. The fourth-order valence-electron chi connectivity index (χ4n) is 1.71. The molecule has 0 aliphatic heterocycles. The molecular formula is C13H16BrNO. The standard InChI is InChI=1S/C13H16BrNO/c14-9-12(15-13(16)11-6-7-11)8-10-4-2-1-3-5-10/h1-5,11-12H,6-9H2,(H,15,16). The molecule has 1 unspecified atom stereocenters. The quantitative estimate of drug-likeness (QED) is 0.826. The highest BCUT2D eigenvalue weighted by atomic mass is 79.9. The summed E-state index contributed by atoms with van der Waals surface area (Å²) < 4.78 is 0. The summed E-state index contributed by atoms with van der Waals surface area (Å²) in [5.41, 5.74) is 1.27. The van der Waals surface area contributed by atoms with Gasteiger partial charge < -0.3 is 5.32 Å². The molecule has 1 aromatic carbocycles. The van der Waals surface area contributed by atoms with Gasteiger partial charge in [-0.05, 0) is 24.8 Å². The van der Waals surface area contributed by atoms with Crippen molar-refractivity contribution >= 4 is 21.8 Å². The van der Waals surface area contributed by atoms with Gasteiger partial charge in [-0.15, -0.1) is 0 Å². The van der Waals surface area contributed by atoms with Gasteiger partial charge in [0.2, 0.25) is 5.91 Å². The lowest BCUT2D eigenvalue weighted by Gasteiger charge is -2.16. The maximum atomic E-state index is 11.6. The molecule has 0 aromatic heterocycles. The number of carbonyl (C=O) groups is 1. The minimum Gasteiger partial charge on any atom is -0.352 e. The van der Waals surface area contributed by atoms with Gasteiger partial charge in [-0.3, -0.25) is 4.79 Å².